The molecule has 3 heterocycles. The van der Waals surface area contributed by atoms with E-state index in [1.54, 1.807) is 0 Å². The van der Waals surface area contributed by atoms with Gasteiger partial charge in [-0.3, -0.25) is 9.39 Å². The lowest BCUT2D eigenvalue weighted by molar-refractivity contribution is 0.461. The van der Waals surface area contributed by atoms with Crippen LogP contribution in [-0.2, 0) is 6.42 Å². The van der Waals surface area contributed by atoms with Gasteiger partial charge in [-0.2, -0.15) is 0 Å². The molecule has 0 radical (unpaired) electrons. The molecule has 30 heavy (non-hydrogen) atoms. The highest BCUT2D eigenvalue weighted by molar-refractivity contribution is 14.0. The van der Waals surface area contributed by atoms with Gasteiger partial charge in [-0.15, -0.1) is 34.2 Å². The Labute approximate surface area is 195 Å². The maximum absolute atomic E-state index is 4.39. The van der Waals surface area contributed by atoms with Crippen LogP contribution < -0.4 is 15.5 Å². The minimum absolute atomic E-state index is 0. The van der Waals surface area contributed by atoms with Crippen molar-refractivity contribution in [1.29, 1.82) is 0 Å². The second-order valence-corrected chi connectivity index (χ2v) is 7.39. The number of guanidine groups is 1. The van der Waals surface area contributed by atoms with Crippen LogP contribution in [-0.4, -0.2) is 53.3 Å². The van der Waals surface area contributed by atoms with Gasteiger partial charge >= 0.3 is 0 Å². The number of rotatable bonds is 6. The zero-order chi connectivity index (χ0) is 19.9. The lowest BCUT2D eigenvalue weighted by atomic mass is 10.0. The third-order valence-corrected chi connectivity index (χ3v) is 5.43. The summed E-state index contributed by atoms with van der Waals surface area (Å²) in [4.78, 5) is 6.85. The Morgan fingerprint density at radius 3 is 2.60 bits per heavy atom. The minimum Gasteiger partial charge on any atom is -0.371 e. The molecule has 0 atom stereocenters. The van der Waals surface area contributed by atoms with Crippen LogP contribution in [0.5, 0.6) is 0 Å². The predicted molar refractivity (Wildman–Crippen MR) is 133 cm³/mol. The first-order valence-corrected chi connectivity index (χ1v) is 10.4. The number of hydrogen-bond donors (Lipinski definition) is 2. The standard InChI is InChI=1S/C22H29N7.HI/c1-23-22(24-14-7-11-21-27-26-20-10-5-6-15-29(20)21)25-18-12-16-28(17-13-18)19-8-3-2-4-9-19;/h2-6,8-10,15,18H,7,11-14,16-17H2,1H3,(H2,23,24,25);1H. The largest absolute Gasteiger partial charge is 0.371 e. The molecule has 1 aliphatic heterocycles. The van der Waals surface area contributed by atoms with Crippen molar-refractivity contribution in [2.75, 3.05) is 31.6 Å². The molecular formula is C22H30IN7. The number of halogens is 1. The van der Waals surface area contributed by atoms with Crippen LogP contribution >= 0.6 is 24.0 Å². The molecule has 2 N–H and O–H groups in total. The van der Waals surface area contributed by atoms with Crippen LogP contribution in [0.4, 0.5) is 5.69 Å². The van der Waals surface area contributed by atoms with Crippen LogP contribution in [0.25, 0.3) is 5.65 Å². The van der Waals surface area contributed by atoms with E-state index in [1.807, 2.05) is 35.8 Å². The number of pyridine rings is 1. The third kappa shape index (κ3) is 5.62. The zero-order valence-corrected chi connectivity index (χ0v) is 19.7. The average Bonchev–Trinajstić information content (AvgIpc) is 3.20. The van der Waals surface area contributed by atoms with E-state index in [2.05, 4.69) is 61.1 Å². The number of nitrogens with zero attached hydrogens (tertiary/aromatic N) is 5. The fourth-order valence-electron chi connectivity index (χ4n) is 3.82. The van der Waals surface area contributed by atoms with Crippen molar-refractivity contribution in [2.45, 2.75) is 31.7 Å². The quantitative estimate of drug-likeness (QED) is 0.227. The molecule has 0 bridgehead atoms. The Morgan fingerprint density at radius 2 is 1.83 bits per heavy atom. The molecule has 2 aromatic heterocycles. The molecule has 1 aromatic carbocycles. The van der Waals surface area contributed by atoms with Crippen molar-refractivity contribution in [3.63, 3.8) is 0 Å². The second kappa shape index (κ2) is 11.1. The van der Waals surface area contributed by atoms with Crippen molar-refractivity contribution in [1.82, 2.24) is 25.2 Å². The molecule has 160 valence electrons. The lowest BCUT2D eigenvalue weighted by Crippen LogP contribution is -2.48. The molecule has 0 saturated carbocycles. The van der Waals surface area contributed by atoms with E-state index < -0.39 is 0 Å². The first kappa shape index (κ1) is 22.3. The number of nitrogens with one attached hydrogen (secondary N) is 2. The van der Waals surface area contributed by atoms with Gasteiger partial charge in [0, 0.05) is 51.0 Å². The number of para-hydroxylation sites is 1. The molecule has 1 fully saturated rings. The monoisotopic (exact) mass is 519 g/mol. The number of anilines is 1. The van der Waals surface area contributed by atoms with Gasteiger partial charge in [0.25, 0.3) is 0 Å². The van der Waals surface area contributed by atoms with Gasteiger partial charge in [-0.05, 0) is 43.5 Å². The molecular weight excluding hydrogens is 489 g/mol. The van der Waals surface area contributed by atoms with Crippen LogP contribution in [0, 0.1) is 0 Å². The maximum atomic E-state index is 4.39. The van der Waals surface area contributed by atoms with Gasteiger partial charge in [0.2, 0.25) is 0 Å². The molecule has 8 heteroatoms. The van der Waals surface area contributed by atoms with Gasteiger partial charge in [0.15, 0.2) is 11.6 Å². The van der Waals surface area contributed by atoms with Crippen LogP contribution in [0.15, 0.2) is 59.7 Å². The van der Waals surface area contributed by atoms with Crippen molar-refractivity contribution in [3.8, 4) is 0 Å². The number of hydrogen-bond acceptors (Lipinski definition) is 4. The summed E-state index contributed by atoms with van der Waals surface area (Å²) >= 11 is 0. The summed E-state index contributed by atoms with van der Waals surface area (Å²) in [5, 5.41) is 15.5. The summed E-state index contributed by atoms with van der Waals surface area (Å²) < 4.78 is 2.05. The topological polar surface area (TPSA) is 69.8 Å². The van der Waals surface area contributed by atoms with Crippen LogP contribution in [0.1, 0.15) is 25.1 Å². The molecule has 0 amide bonds. The predicted octanol–water partition coefficient (Wildman–Crippen LogP) is 3.11. The molecule has 0 unspecified atom stereocenters. The Morgan fingerprint density at radius 1 is 1.07 bits per heavy atom. The Kier molecular flexibility index (Phi) is 8.30. The van der Waals surface area contributed by atoms with E-state index in [9.17, 15) is 0 Å². The highest BCUT2D eigenvalue weighted by Gasteiger charge is 2.20. The number of piperidine rings is 1. The van der Waals surface area contributed by atoms with Gasteiger partial charge in [-0.25, -0.2) is 0 Å². The summed E-state index contributed by atoms with van der Waals surface area (Å²) in [7, 11) is 1.83. The second-order valence-electron chi connectivity index (χ2n) is 7.39. The highest BCUT2D eigenvalue weighted by atomic mass is 127. The maximum Gasteiger partial charge on any atom is 0.191 e. The molecule has 3 aromatic rings. The van der Waals surface area contributed by atoms with Crippen LogP contribution in [0.2, 0.25) is 0 Å². The molecule has 7 nitrogen and oxygen atoms in total. The van der Waals surface area contributed by atoms with Gasteiger partial charge < -0.3 is 15.5 Å². The molecule has 0 spiro atoms. The zero-order valence-electron chi connectivity index (χ0n) is 17.4. The summed E-state index contributed by atoms with van der Waals surface area (Å²) in [6.45, 7) is 2.99. The minimum atomic E-state index is 0. The number of aliphatic imine (C=N–C) groups is 1. The number of benzene rings is 1. The van der Waals surface area contributed by atoms with Gasteiger partial charge in [-0.1, -0.05) is 24.3 Å². The number of fused-ring (bicyclic) bond motifs is 1. The summed E-state index contributed by atoms with van der Waals surface area (Å²) in [5.74, 6) is 1.88. The highest BCUT2D eigenvalue weighted by Crippen LogP contribution is 2.19. The summed E-state index contributed by atoms with van der Waals surface area (Å²) in [5.41, 5.74) is 2.21. The van der Waals surface area contributed by atoms with E-state index >= 15 is 0 Å². The molecule has 1 aliphatic rings. The smallest absolute Gasteiger partial charge is 0.191 e. The first-order valence-electron chi connectivity index (χ1n) is 10.4. The van der Waals surface area contributed by atoms with E-state index in [0.29, 0.717) is 6.04 Å². The Bertz CT molecular complexity index is 933. The lowest BCUT2D eigenvalue weighted by Gasteiger charge is -2.34. The summed E-state index contributed by atoms with van der Waals surface area (Å²) in [6, 6.07) is 17.1. The third-order valence-electron chi connectivity index (χ3n) is 5.43. The van der Waals surface area contributed by atoms with E-state index in [1.165, 1.54) is 5.69 Å². The van der Waals surface area contributed by atoms with E-state index in [4.69, 9.17) is 0 Å². The SMILES string of the molecule is CN=C(NCCCc1nnc2ccccn12)NC1CCN(c2ccccc2)CC1.I. The van der Waals surface area contributed by atoms with Gasteiger partial charge in [0.1, 0.15) is 5.82 Å². The number of aromatic nitrogens is 3. The molecule has 1 saturated heterocycles. The van der Waals surface area contributed by atoms with Crippen molar-refractivity contribution in [3.05, 3.63) is 60.6 Å². The van der Waals surface area contributed by atoms with E-state index in [0.717, 1.165) is 62.7 Å². The number of aryl methyl sites for hydroxylation is 1. The van der Waals surface area contributed by atoms with Crippen molar-refractivity contribution < 1.29 is 0 Å². The molecule has 4 rings (SSSR count). The van der Waals surface area contributed by atoms with Crippen LogP contribution in [0.3, 0.4) is 0 Å². The average molecular weight is 519 g/mol. The van der Waals surface area contributed by atoms with Crippen molar-refractivity contribution in [2.24, 2.45) is 4.99 Å². The normalized spacial score (nSPS) is 15.1. The van der Waals surface area contributed by atoms with Gasteiger partial charge in [0.05, 0.1) is 0 Å². The van der Waals surface area contributed by atoms with E-state index in [-0.39, 0.29) is 24.0 Å². The summed E-state index contributed by atoms with van der Waals surface area (Å²) in [6.07, 6.45) is 6.09. The fraction of sp³-hybridized carbons (Fsp3) is 0.409. The first-order chi connectivity index (χ1) is 14.3. The molecule has 0 aliphatic carbocycles. The Balaban J connectivity index is 0.00000256. The van der Waals surface area contributed by atoms with Crippen molar-refractivity contribution >= 4 is 41.3 Å². The Hall–Kier alpha value is -2.36. The fourth-order valence-corrected chi connectivity index (χ4v) is 3.82.